The molecule has 5 heteroatoms. The SMILES string of the molecule is CC(CNC(=O)[C@@H](N)Cc1ccccc1)Cc1cccs1.Cl. The van der Waals surface area contributed by atoms with E-state index in [1.54, 1.807) is 11.3 Å². The van der Waals surface area contributed by atoms with E-state index in [0.29, 0.717) is 18.9 Å². The second kappa shape index (κ2) is 9.62. The van der Waals surface area contributed by atoms with E-state index in [9.17, 15) is 4.79 Å². The Balaban J connectivity index is 0.00000242. The molecule has 0 saturated carbocycles. The number of halogens is 1. The molecule has 1 aromatic carbocycles. The van der Waals surface area contributed by atoms with Gasteiger partial charge in [-0.2, -0.15) is 0 Å². The van der Waals surface area contributed by atoms with Crippen molar-refractivity contribution in [3.8, 4) is 0 Å². The van der Waals surface area contributed by atoms with Crippen LogP contribution >= 0.6 is 23.7 Å². The normalized spacial score (nSPS) is 13.0. The summed E-state index contributed by atoms with van der Waals surface area (Å²) in [6.45, 7) is 2.81. The van der Waals surface area contributed by atoms with Crippen molar-refractivity contribution in [3.63, 3.8) is 0 Å². The molecule has 22 heavy (non-hydrogen) atoms. The highest BCUT2D eigenvalue weighted by Gasteiger charge is 2.15. The molecule has 0 saturated heterocycles. The number of nitrogens with one attached hydrogen (secondary N) is 1. The summed E-state index contributed by atoms with van der Waals surface area (Å²) in [6.07, 6.45) is 1.57. The topological polar surface area (TPSA) is 55.1 Å². The van der Waals surface area contributed by atoms with E-state index in [2.05, 4.69) is 29.8 Å². The lowest BCUT2D eigenvalue weighted by atomic mass is 10.0. The van der Waals surface area contributed by atoms with Gasteiger partial charge in [0.25, 0.3) is 0 Å². The molecule has 0 aliphatic heterocycles. The van der Waals surface area contributed by atoms with Gasteiger partial charge >= 0.3 is 0 Å². The van der Waals surface area contributed by atoms with Gasteiger partial charge in [-0.1, -0.05) is 43.3 Å². The number of benzene rings is 1. The van der Waals surface area contributed by atoms with Crippen LogP contribution in [0.2, 0.25) is 0 Å². The van der Waals surface area contributed by atoms with Crippen LogP contribution < -0.4 is 11.1 Å². The molecule has 0 aliphatic rings. The Labute approximate surface area is 142 Å². The predicted molar refractivity (Wildman–Crippen MR) is 95.6 cm³/mol. The van der Waals surface area contributed by atoms with Crippen LogP contribution in [0, 0.1) is 5.92 Å². The lowest BCUT2D eigenvalue weighted by Gasteiger charge is -2.15. The second-order valence-corrected chi connectivity index (χ2v) is 6.46. The van der Waals surface area contributed by atoms with Gasteiger partial charge in [-0.3, -0.25) is 4.79 Å². The number of thiophene rings is 1. The summed E-state index contributed by atoms with van der Waals surface area (Å²) in [7, 11) is 0. The van der Waals surface area contributed by atoms with Crippen molar-refractivity contribution in [1.29, 1.82) is 0 Å². The van der Waals surface area contributed by atoms with Crippen LogP contribution in [0.5, 0.6) is 0 Å². The predicted octanol–water partition coefficient (Wildman–Crippen LogP) is 3.03. The van der Waals surface area contributed by atoms with Crippen LogP contribution in [-0.4, -0.2) is 18.5 Å². The summed E-state index contributed by atoms with van der Waals surface area (Å²) in [5.74, 6) is 0.341. The number of amides is 1. The van der Waals surface area contributed by atoms with Crippen molar-refractivity contribution < 1.29 is 4.79 Å². The minimum atomic E-state index is -0.485. The lowest BCUT2D eigenvalue weighted by Crippen LogP contribution is -2.43. The number of rotatable bonds is 7. The molecule has 2 atom stereocenters. The Morgan fingerprint density at radius 2 is 1.91 bits per heavy atom. The minimum Gasteiger partial charge on any atom is -0.354 e. The van der Waals surface area contributed by atoms with E-state index in [1.807, 2.05) is 30.3 Å². The molecule has 1 amide bonds. The molecule has 0 bridgehead atoms. The van der Waals surface area contributed by atoms with E-state index in [1.165, 1.54) is 4.88 Å². The molecular formula is C17H23ClN2OS. The molecule has 1 unspecified atom stereocenters. The Hall–Kier alpha value is -1.36. The van der Waals surface area contributed by atoms with Gasteiger partial charge in [0, 0.05) is 11.4 Å². The molecule has 0 fully saturated rings. The smallest absolute Gasteiger partial charge is 0.237 e. The Morgan fingerprint density at radius 1 is 1.18 bits per heavy atom. The molecule has 1 aromatic heterocycles. The van der Waals surface area contributed by atoms with Crippen LogP contribution in [0.1, 0.15) is 17.4 Å². The molecule has 2 aromatic rings. The number of hydrogen-bond donors (Lipinski definition) is 2. The fraction of sp³-hybridized carbons (Fsp3) is 0.353. The zero-order valence-corrected chi connectivity index (χ0v) is 14.3. The van der Waals surface area contributed by atoms with Crippen molar-refractivity contribution >= 4 is 29.7 Å². The monoisotopic (exact) mass is 338 g/mol. The summed E-state index contributed by atoms with van der Waals surface area (Å²) >= 11 is 1.76. The Morgan fingerprint density at radius 3 is 2.55 bits per heavy atom. The van der Waals surface area contributed by atoms with E-state index in [4.69, 9.17) is 5.73 Å². The Kier molecular flexibility index (Phi) is 8.17. The average molecular weight is 339 g/mol. The van der Waals surface area contributed by atoms with Gasteiger partial charge in [-0.25, -0.2) is 0 Å². The van der Waals surface area contributed by atoms with Crippen molar-refractivity contribution in [3.05, 3.63) is 58.3 Å². The fourth-order valence-electron chi connectivity index (χ4n) is 2.21. The molecule has 2 rings (SSSR count). The molecule has 0 spiro atoms. The summed E-state index contributed by atoms with van der Waals surface area (Å²) < 4.78 is 0. The number of hydrogen-bond acceptors (Lipinski definition) is 3. The molecule has 0 aliphatic carbocycles. The largest absolute Gasteiger partial charge is 0.354 e. The number of carbonyl (C=O) groups is 1. The quantitative estimate of drug-likeness (QED) is 0.815. The number of carbonyl (C=O) groups excluding carboxylic acids is 1. The molecule has 120 valence electrons. The molecular weight excluding hydrogens is 316 g/mol. The summed E-state index contributed by atoms with van der Waals surface area (Å²) in [5, 5.41) is 5.04. The summed E-state index contributed by atoms with van der Waals surface area (Å²) in [5.41, 5.74) is 7.05. The third kappa shape index (κ3) is 6.18. The first-order chi connectivity index (χ1) is 10.1. The van der Waals surface area contributed by atoms with Gasteiger partial charge in [0.2, 0.25) is 5.91 Å². The van der Waals surface area contributed by atoms with Crippen LogP contribution in [-0.2, 0) is 17.6 Å². The van der Waals surface area contributed by atoms with Crippen molar-refractivity contribution in [2.75, 3.05) is 6.54 Å². The van der Waals surface area contributed by atoms with E-state index in [0.717, 1.165) is 12.0 Å². The lowest BCUT2D eigenvalue weighted by molar-refractivity contribution is -0.122. The maximum absolute atomic E-state index is 12.0. The summed E-state index contributed by atoms with van der Waals surface area (Å²) in [6, 6.07) is 13.6. The minimum absolute atomic E-state index is 0. The standard InChI is InChI=1S/C17H22N2OS.ClH/c1-13(10-15-8-5-9-21-15)12-19-17(20)16(18)11-14-6-3-2-4-7-14;/h2-9,13,16H,10-12,18H2,1H3,(H,19,20);1H/t13?,16-;/m0./s1. The fourth-order valence-corrected chi connectivity index (χ4v) is 3.08. The highest BCUT2D eigenvalue weighted by atomic mass is 35.5. The highest BCUT2D eigenvalue weighted by molar-refractivity contribution is 7.09. The van der Waals surface area contributed by atoms with Gasteiger partial charge in [-0.15, -0.1) is 23.7 Å². The Bertz CT molecular complexity index is 545. The number of nitrogens with two attached hydrogens (primary N) is 1. The molecule has 3 N–H and O–H groups in total. The van der Waals surface area contributed by atoms with E-state index < -0.39 is 6.04 Å². The van der Waals surface area contributed by atoms with Crippen LogP contribution in [0.25, 0.3) is 0 Å². The van der Waals surface area contributed by atoms with Crippen LogP contribution in [0.15, 0.2) is 47.8 Å². The van der Waals surface area contributed by atoms with E-state index >= 15 is 0 Å². The first-order valence-electron chi connectivity index (χ1n) is 7.24. The molecule has 0 radical (unpaired) electrons. The van der Waals surface area contributed by atoms with Gasteiger partial charge in [0.15, 0.2) is 0 Å². The van der Waals surface area contributed by atoms with Gasteiger partial charge in [0.05, 0.1) is 6.04 Å². The van der Waals surface area contributed by atoms with Crippen molar-refractivity contribution in [1.82, 2.24) is 5.32 Å². The molecule has 1 heterocycles. The average Bonchev–Trinajstić information content (AvgIpc) is 2.98. The van der Waals surface area contributed by atoms with Crippen LogP contribution in [0.3, 0.4) is 0 Å². The maximum Gasteiger partial charge on any atom is 0.237 e. The van der Waals surface area contributed by atoms with Crippen molar-refractivity contribution in [2.24, 2.45) is 11.7 Å². The van der Waals surface area contributed by atoms with E-state index in [-0.39, 0.29) is 18.3 Å². The summed E-state index contributed by atoms with van der Waals surface area (Å²) in [4.78, 5) is 13.4. The zero-order valence-electron chi connectivity index (χ0n) is 12.7. The second-order valence-electron chi connectivity index (χ2n) is 5.43. The van der Waals surface area contributed by atoms with Gasteiger partial charge < -0.3 is 11.1 Å². The zero-order chi connectivity index (χ0) is 15.1. The van der Waals surface area contributed by atoms with Crippen LogP contribution in [0.4, 0.5) is 0 Å². The first kappa shape index (κ1) is 18.7. The first-order valence-corrected chi connectivity index (χ1v) is 8.12. The van der Waals surface area contributed by atoms with Gasteiger partial charge in [-0.05, 0) is 35.8 Å². The third-order valence-electron chi connectivity index (χ3n) is 3.39. The molecule has 3 nitrogen and oxygen atoms in total. The maximum atomic E-state index is 12.0. The highest BCUT2D eigenvalue weighted by Crippen LogP contribution is 2.13. The third-order valence-corrected chi connectivity index (χ3v) is 4.29. The van der Waals surface area contributed by atoms with Crippen molar-refractivity contribution in [2.45, 2.75) is 25.8 Å². The van der Waals surface area contributed by atoms with Gasteiger partial charge in [0.1, 0.15) is 0 Å².